The number of fused-ring (bicyclic) bond motifs is 1. The summed E-state index contributed by atoms with van der Waals surface area (Å²) in [6.45, 7) is 5.49. The Morgan fingerprint density at radius 3 is 2.59 bits per heavy atom. The van der Waals surface area contributed by atoms with E-state index in [-0.39, 0.29) is 23.8 Å². The van der Waals surface area contributed by atoms with Crippen LogP contribution in [-0.2, 0) is 30.8 Å². The van der Waals surface area contributed by atoms with Crippen molar-refractivity contribution in [2.24, 2.45) is 0 Å². The SMILES string of the molecule is Cc1ccc(S(=O)(=O)N2C[C@H](O)C[C@@H]2C(=O)O[C@@H](C)C(=O)N2CCCc3ccccc32)cc1C. The van der Waals surface area contributed by atoms with Gasteiger partial charge in [-0.3, -0.25) is 9.59 Å². The highest BCUT2D eigenvalue weighted by molar-refractivity contribution is 7.89. The first-order valence-electron chi connectivity index (χ1n) is 11.5. The number of benzene rings is 2. The minimum absolute atomic E-state index is 0.0524. The summed E-state index contributed by atoms with van der Waals surface area (Å²) in [7, 11) is -4.04. The summed E-state index contributed by atoms with van der Waals surface area (Å²) in [6, 6.07) is 11.2. The van der Waals surface area contributed by atoms with Crippen molar-refractivity contribution in [3.8, 4) is 0 Å². The average molecular weight is 487 g/mol. The summed E-state index contributed by atoms with van der Waals surface area (Å²) in [5, 5.41) is 10.2. The summed E-state index contributed by atoms with van der Waals surface area (Å²) in [6.07, 6.45) is -0.503. The molecule has 1 fully saturated rings. The number of esters is 1. The first kappa shape index (κ1) is 24.4. The van der Waals surface area contributed by atoms with Gasteiger partial charge < -0.3 is 14.7 Å². The first-order valence-corrected chi connectivity index (χ1v) is 12.9. The topological polar surface area (TPSA) is 104 Å². The van der Waals surface area contributed by atoms with E-state index in [1.165, 1.54) is 13.0 Å². The fraction of sp³-hybridized carbons (Fsp3) is 0.440. The normalized spacial score (nSPS) is 21.7. The molecular weight excluding hydrogens is 456 g/mol. The lowest BCUT2D eigenvalue weighted by atomic mass is 10.0. The third kappa shape index (κ3) is 4.60. The second-order valence-corrected chi connectivity index (χ2v) is 10.9. The van der Waals surface area contributed by atoms with Crippen molar-refractivity contribution in [3.05, 3.63) is 59.2 Å². The Hall–Kier alpha value is -2.75. The van der Waals surface area contributed by atoms with Crippen LogP contribution >= 0.6 is 0 Å². The van der Waals surface area contributed by atoms with Gasteiger partial charge in [0.05, 0.1) is 11.0 Å². The highest BCUT2D eigenvalue weighted by Crippen LogP contribution is 2.30. The van der Waals surface area contributed by atoms with E-state index in [1.807, 2.05) is 38.1 Å². The van der Waals surface area contributed by atoms with Crippen molar-refractivity contribution in [2.75, 3.05) is 18.0 Å². The predicted molar refractivity (Wildman–Crippen MR) is 127 cm³/mol. The van der Waals surface area contributed by atoms with Crippen LogP contribution in [0, 0.1) is 13.8 Å². The molecule has 0 spiro atoms. The third-order valence-corrected chi connectivity index (χ3v) is 8.48. The van der Waals surface area contributed by atoms with Gasteiger partial charge in [0.2, 0.25) is 10.0 Å². The summed E-state index contributed by atoms with van der Waals surface area (Å²) in [5.41, 5.74) is 3.62. The van der Waals surface area contributed by atoms with Gasteiger partial charge in [-0.05, 0) is 68.5 Å². The number of para-hydroxylation sites is 1. The lowest BCUT2D eigenvalue weighted by Crippen LogP contribution is -2.46. The molecule has 0 saturated carbocycles. The fourth-order valence-corrected chi connectivity index (χ4v) is 6.27. The van der Waals surface area contributed by atoms with Gasteiger partial charge in [-0.25, -0.2) is 8.42 Å². The van der Waals surface area contributed by atoms with E-state index in [2.05, 4.69) is 0 Å². The monoisotopic (exact) mass is 486 g/mol. The molecule has 8 nitrogen and oxygen atoms in total. The Balaban J connectivity index is 1.51. The molecule has 0 bridgehead atoms. The first-order chi connectivity index (χ1) is 16.1. The molecule has 1 saturated heterocycles. The smallest absolute Gasteiger partial charge is 0.325 e. The zero-order chi connectivity index (χ0) is 24.6. The van der Waals surface area contributed by atoms with Crippen LogP contribution in [-0.4, -0.2) is 61.0 Å². The maximum absolute atomic E-state index is 13.3. The molecule has 2 heterocycles. The zero-order valence-electron chi connectivity index (χ0n) is 19.6. The summed E-state index contributed by atoms with van der Waals surface area (Å²) < 4.78 is 33.0. The van der Waals surface area contributed by atoms with Crippen molar-refractivity contribution >= 4 is 27.6 Å². The molecule has 2 aromatic rings. The zero-order valence-corrected chi connectivity index (χ0v) is 20.4. The molecular formula is C25H30N2O6S. The molecule has 2 aromatic carbocycles. The number of β-amino-alcohol motifs (C(OH)–C–C–N with tert-alkyl or cyclic N) is 1. The molecule has 1 amide bonds. The van der Waals surface area contributed by atoms with Gasteiger partial charge in [-0.15, -0.1) is 0 Å². The van der Waals surface area contributed by atoms with Crippen LogP contribution in [0.2, 0.25) is 0 Å². The summed E-state index contributed by atoms with van der Waals surface area (Å²) in [4.78, 5) is 27.8. The van der Waals surface area contributed by atoms with Crippen molar-refractivity contribution < 1.29 is 27.9 Å². The molecule has 1 N–H and O–H groups in total. The van der Waals surface area contributed by atoms with Crippen molar-refractivity contribution in [1.29, 1.82) is 0 Å². The lowest BCUT2D eigenvalue weighted by molar-refractivity contribution is -0.157. The number of amides is 1. The van der Waals surface area contributed by atoms with Crippen LogP contribution in [0.1, 0.15) is 36.5 Å². The van der Waals surface area contributed by atoms with Gasteiger partial charge in [0.15, 0.2) is 6.10 Å². The van der Waals surface area contributed by atoms with Crippen LogP contribution in [0.5, 0.6) is 0 Å². The lowest BCUT2D eigenvalue weighted by Gasteiger charge is -2.31. The summed E-state index contributed by atoms with van der Waals surface area (Å²) in [5.74, 6) is -1.20. The molecule has 0 aromatic heterocycles. The number of hydrogen-bond acceptors (Lipinski definition) is 6. The molecule has 0 radical (unpaired) electrons. The van der Waals surface area contributed by atoms with E-state index < -0.39 is 34.2 Å². The molecule has 2 aliphatic rings. The van der Waals surface area contributed by atoms with E-state index in [1.54, 1.807) is 17.0 Å². The molecule has 182 valence electrons. The van der Waals surface area contributed by atoms with Crippen molar-refractivity contribution in [1.82, 2.24) is 4.31 Å². The largest absolute Gasteiger partial charge is 0.451 e. The number of hydrogen-bond donors (Lipinski definition) is 1. The maximum Gasteiger partial charge on any atom is 0.325 e. The standard InChI is InChI=1S/C25H30N2O6S/c1-16-10-11-21(13-17(16)2)34(31,32)27-15-20(28)14-23(27)25(30)33-18(3)24(29)26-12-6-8-19-7-4-5-9-22(19)26/h4-5,7,9-11,13,18,20,23,28H,6,8,12,14-15H2,1-3H3/t18-,20+,23+/m0/s1. The number of ether oxygens (including phenoxy) is 1. The average Bonchev–Trinajstić information content (AvgIpc) is 3.22. The van der Waals surface area contributed by atoms with E-state index in [0.29, 0.717) is 6.54 Å². The highest BCUT2D eigenvalue weighted by Gasteiger charge is 2.45. The highest BCUT2D eigenvalue weighted by atomic mass is 32.2. The second-order valence-electron chi connectivity index (χ2n) is 9.03. The van der Waals surface area contributed by atoms with Crippen molar-refractivity contribution in [2.45, 2.75) is 63.2 Å². The van der Waals surface area contributed by atoms with E-state index >= 15 is 0 Å². The molecule has 9 heteroatoms. The minimum atomic E-state index is -4.04. The van der Waals surface area contributed by atoms with Gasteiger partial charge in [-0.2, -0.15) is 4.31 Å². The van der Waals surface area contributed by atoms with E-state index in [4.69, 9.17) is 4.74 Å². The third-order valence-electron chi connectivity index (χ3n) is 6.61. The molecule has 2 aliphatic heterocycles. The van der Waals surface area contributed by atoms with Crippen molar-refractivity contribution in [3.63, 3.8) is 0 Å². The maximum atomic E-state index is 13.3. The number of sulfonamides is 1. The minimum Gasteiger partial charge on any atom is -0.451 e. The van der Waals surface area contributed by atoms with Crippen LogP contribution in [0.3, 0.4) is 0 Å². The van der Waals surface area contributed by atoms with Crippen LogP contribution < -0.4 is 4.90 Å². The predicted octanol–water partition coefficient (Wildman–Crippen LogP) is 2.34. The number of nitrogens with zero attached hydrogens (tertiary/aromatic N) is 2. The number of anilines is 1. The van der Waals surface area contributed by atoms with Gasteiger partial charge in [0, 0.05) is 25.2 Å². The van der Waals surface area contributed by atoms with Crippen LogP contribution in [0.4, 0.5) is 5.69 Å². The second kappa shape index (κ2) is 9.48. The molecule has 3 atom stereocenters. The molecule has 0 unspecified atom stereocenters. The number of aryl methyl sites for hydroxylation is 3. The quantitative estimate of drug-likeness (QED) is 0.651. The Morgan fingerprint density at radius 2 is 1.85 bits per heavy atom. The molecule has 4 rings (SSSR count). The number of aliphatic hydroxyl groups excluding tert-OH is 1. The molecule has 0 aliphatic carbocycles. The van der Waals surface area contributed by atoms with Crippen LogP contribution in [0.15, 0.2) is 47.4 Å². The van der Waals surface area contributed by atoms with Gasteiger partial charge in [0.25, 0.3) is 5.91 Å². The number of aliphatic hydroxyl groups is 1. The number of carbonyl (C=O) groups is 2. The number of carbonyl (C=O) groups excluding carboxylic acids is 2. The van der Waals surface area contributed by atoms with E-state index in [9.17, 15) is 23.1 Å². The Morgan fingerprint density at radius 1 is 1.12 bits per heavy atom. The van der Waals surface area contributed by atoms with Crippen LogP contribution in [0.25, 0.3) is 0 Å². The Labute approximate surface area is 200 Å². The Kier molecular flexibility index (Phi) is 6.80. The Bertz CT molecular complexity index is 1210. The van der Waals surface area contributed by atoms with Gasteiger partial charge in [-0.1, -0.05) is 24.3 Å². The van der Waals surface area contributed by atoms with E-state index in [0.717, 1.165) is 39.5 Å². The van der Waals surface area contributed by atoms with Gasteiger partial charge >= 0.3 is 5.97 Å². The molecule has 34 heavy (non-hydrogen) atoms. The van der Waals surface area contributed by atoms with Gasteiger partial charge in [0.1, 0.15) is 6.04 Å². The number of rotatable bonds is 5. The fourth-order valence-electron chi connectivity index (χ4n) is 4.56. The summed E-state index contributed by atoms with van der Waals surface area (Å²) >= 11 is 0.